The summed E-state index contributed by atoms with van der Waals surface area (Å²) in [5, 5.41) is 14.8. The maximum absolute atomic E-state index is 10.4. The Hall–Kier alpha value is -0.870. The van der Waals surface area contributed by atoms with Crippen molar-refractivity contribution < 1.29 is 5.11 Å². The molecule has 0 aromatic carbocycles. The van der Waals surface area contributed by atoms with Crippen LogP contribution in [0, 0.1) is 5.41 Å². The fourth-order valence-electron chi connectivity index (χ4n) is 1.88. The summed E-state index contributed by atoms with van der Waals surface area (Å²) in [6, 6.07) is 0. The molecule has 3 N–H and O–H groups in total. The van der Waals surface area contributed by atoms with Crippen LogP contribution >= 0.6 is 0 Å². The molecule has 0 aliphatic rings. The highest BCUT2D eigenvalue weighted by atomic mass is 16.3. The summed E-state index contributed by atoms with van der Waals surface area (Å²) in [5.74, 6) is 0. The van der Waals surface area contributed by atoms with E-state index in [1.165, 1.54) is 0 Å². The summed E-state index contributed by atoms with van der Waals surface area (Å²) in [6.45, 7) is 6.59. The van der Waals surface area contributed by atoms with E-state index in [0.29, 0.717) is 6.54 Å². The molecule has 0 spiro atoms. The number of hydrogen-bond donors (Lipinski definition) is 2. The smallest absolute Gasteiger partial charge is 0.0888 e. The minimum Gasteiger partial charge on any atom is -0.388 e. The zero-order valence-corrected chi connectivity index (χ0v) is 10.7. The standard InChI is InChI=1S/C12H23N3O/c1-5-10-9(7-15(4)14-10)11(16)12(3,6-2)8-13/h7,11,16H,5-6,8,13H2,1-4H3. The van der Waals surface area contributed by atoms with Crippen molar-refractivity contribution in [3.05, 3.63) is 17.5 Å². The van der Waals surface area contributed by atoms with Crippen molar-refractivity contribution in [2.24, 2.45) is 18.2 Å². The van der Waals surface area contributed by atoms with Gasteiger partial charge in [0.15, 0.2) is 0 Å². The Kier molecular flexibility index (Phi) is 4.10. The minimum absolute atomic E-state index is 0.271. The van der Waals surface area contributed by atoms with Crippen molar-refractivity contribution in [1.29, 1.82) is 0 Å². The van der Waals surface area contributed by atoms with E-state index in [1.54, 1.807) is 4.68 Å². The van der Waals surface area contributed by atoms with Gasteiger partial charge < -0.3 is 10.8 Å². The molecule has 4 nitrogen and oxygen atoms in total. The van der Waals surface area contributed by atoms with Crippen molar-refractivity contribution in [2.45, 2.75) is 39.7 Å². The van der Waals surface area contributed by atoms with Crippen LogP contribution in [-0.4, -0.2) is 21.4 Å². The fourth-order valence-corrected chi connectivity index (χ4v) is 1.88. The SMILES string of the molecule is CCc1nn(C)cc1C(O)C(C)(CC)CN. The molecule has 1 rings (SSSR count). The van der Waals surface area contributed by atoms with Gasteiger partial charge in [-0.3, -0.25) is 4.68 Å². The maximum Gasteiger partial charge on any atom is 0.0888 e. The van der Waals surface area contributed by atoms with E-state index >= 15 is 0 Å². The van der Waals surface area contributed by atoms with Gasteiger partial charge in [-0.2, -0.15) is 5.10 Å². The van der Waals surface area contributed by atoms with Gasteiger partial charge in [0, 0.05) is 30.8 Å². The maximum atomic E-state index is 10.4. The Balaban J connectivity index is 3.07. The summed E-state index contributed by atoms with van der Waals surface area (Å²) < 4.78 is 1.75. The molecule has 16 heavy (non-hydrogen) atoms. The highest BCUT2D eigenvalue weighted by molar-refractivity contribution is 5.22. The number of rotatable bonds is 5. The van der Waals surface area contributed by atoms with Crippen LogP contribution in [0.1, 0.15) is 44.6 Å². The molecular formula is C12H23N3O. The third kappa shape index (κ3) is 2.28. The molecule has 0 saturated carbocycles. The van der Waals surface area contributed by atoms with Gasteiger partial charge in [0.2, 0.25) is 0 Å². The number of aliphatic hydroxyl groups is 1. The first-order valence-electron chi connectivity index (χ1n) is 5.89. The highest BCUT2D eigenvalue weighted by Crippen LogP contribution is 2.36. The van der Waals surface area contributed by atoms with Crippen LogP contribution in [0.5, 0.6) is 0 Å². The Morgan fingerprint density at radius 2 is 2.19 bits per heavy atom. The highest BCUT2D eigenvalue weighted by Gasteiger charge is 2.33. The average Bonchev–Trinajstić information content (AvgIpc) is 2.68. The number of aliphatic hydroxyl groups excluding tert-OH is 1. The second-order valence-corrected chi connectivity index (χ2v) is 4.67. The first kappa shape index (κ1) is 13.2. The normalized spacial score (nSPS) is 17.1. The lowest BCUT2D eigenvalue weighted by molar-refractivity contribution is 0.0384. The van der Waals surface area contributed by atoms with Gasteiger partial charge >= 0.3 is 0 Å². The van der Waals surface area contributed by atoms with Gasteiger partial charge in [0.25, 0.3) is 0 Å². The summed E-state index contributed by atoms with van der Waals surface area (Å²) >= 11 is 0. The number of aromatic nitrogens is 2. The summed E-state index contributed by atoms with van der Waals surface area (Å²) in [4.78, 5) is 0. The Labute approximate surface area is 97.5 Å². The predicted molar refractivity (Wildman–Crippen MR) is 65.0 cm³/mol. The predicted octanol–water partition coefficient (Wildman–Crippen LogP) is 1.39. The zero-order chi connectivity index (χ0) is 12.3. The van der Waals surface area contributed by atoms with E-state index < -0.39 is 6.10 Å². The van der Waals surface area contributed by atoms with Crippen LogP contribution in [0.25, 0.3) is 0 Å². The number of nitrogens with zero attached hydrogens (tertiary/aromatic N) is 2. The van der Waals surface area contributed by atoms with Crippen molar-refractivity contribution in [3.8, 4) is 0 Å². The van der Waals surface area contributed by atoms with Crippen molar-refractivity contribution in [1.82, 2.24) is 9.78 Å². The lowest BCUT2D eigenvalue weighted by Gasteiger charge is -2.32. The summed E-state index contributed by atoms with van der Waals surface area (Å²) in [6.07, 6.45) is 3.04. The van der Waals surface area contributed by atoms with Gasteiger partial charge in [-0.15, -0.1) is 0 Å². The van der Waals surface area contributed by atoms with E-state index in [1.807, 2.05) is 27.1 Å². The molecule has 0 aliphatic carbocycles. The first-order valence-corrected chi connectivity index (χ1v) is 5.89. The van der Waals surface area contributed by atoms with Gasteiger partial charge in [-0.25, -0.2) is 0 Å². The van der Waals surface area contributed by atoms with E-state index in [-0.39, 0.29) is 5.41 Å². The third-order valence-electron chi connectivity index (χ3n) is 3.50. The quantitative estimate of drug-likeness (QED) is 0.796. The Morgan fingerprint density at radius 3 is 2.62 bits per heavy atom. The molecule has 0 aliphatic heterocycles. The summed E-state index contributed by atoms with van der Waals surface area (Å²) in [5.41, 5.74) is 7.37. The van der Waals surface area contributed by atoms with Crippen LogP contribution in [0.2, 0.25) is 0 Å². The molecule has 2 atom stereocenters. The molecule has 0 radical (unpaired) electrons. The van der Waals surface area contributed by atoms with Crippen molar-refractivity contribution in [3.63, 3.8) is 0 Å². The fraction of sp³-hybridized carbons (Fsp3) is 0.750. The van der Waals surface area contributed by atoms with Gasteiger partial charge in [-0.1, -0.05) is 20.8 Å². The Bertz CT molecular complexity index is 342. The van der Waals surface area contributed by atoms with Crippen LogP contribution in [0.3, 0.4) is 0 Å². The molecule has 0 fully saturated rings. The second kappa shape index (κ2) is 4.97. The largest absolute Gasteiger partial charge is 0.388 e. The zero-order valence-electron chi connectivity index (χ0n) is 10.7. The Morgan fingerprint density at radius 1 is 1.56 bits per heavy atom. The van der Waals surface area contributed by atoms with Crippen LogP contribution in [0.4, 0.5) is 0 Å². The van der Waals surface area contributed by atoms with Crippen LogP contribution in [-0.2, 0) is 13.5 Å². The number of nitrogens with two attached hydrogens (primary N) is 1. The van der Waals surface area contributed by atoms with E-state index in [2.05, 4.69) is 12.0 Å². The van der Waals surface area contributed by atoms with Crippen molar-refractivity contribution >= 4 is 0 Å². The first-order chi connectivity index (χ1) is 7.48. The molecule has 1 heterocycles. The van der Waals surface area contributed by atoms with Gasteiger partial charge in [0.1, 0.15) is 0 Å². The minimum atomic E-state index is -0.536. The van der Waals surface area contributed by atoms with E-state index in [0.717, 1.165) is 24.1 Å². The van der Waals surface area contributed by atoms with Crippen molar-refractivity contribution in [2.75, 3.05) is 6.54 Å². The molecule has 0 saturated heterocycles. The second-order valence-electron chi connectivity index (χ2n) is 4.67. The van der Waals surface area contributed by atoms with Gasteiger partial charge in [0.05, 0.1) is 11.8 Å². The summed E-state index contributed by atoms with van der Waals surface area (Å²) in [7, 11) is 1.88. The molecule has 1 aromatic rings. The topological polar surface area (TPSA) is 64.1 Å². The van der Waals surface area contributed by atoms with Crippen LogP contribution < -0.4 is 5.73 Å². The lowest BCUT2D eigenvalue weighted by atomic mass is 9.78. The monoisotopic (exact) mass is 225 g/mol. The van der Waals surface area contributed by atoms with E-state index in [4.69, 9.17) is 5.73 Å². The molecule has 0 amide bonds. The molecule has 4 heteroatoms. The molecule has 1 aromatic heterocycles. The number of aryl methyl sites for hydroxylation is 2. The molecular weight excluding hydrogens is 202 g/mol. The van der Waals surface area contributed by atoms with E-state index in [9.17, 15) is 5.11 Å². The number of hydrogen-bond acceptors (Lipinski definition) is 3. The average molecular weight is 225 g/mol. The van der Waals surface area contributed by atoms with Crippen LogP contribution in [0.15, 0.2) is 6.20 Å². The third-order valence-corrected chi connectivity index (χ3v) is 3.50. The lowest BCUT2D eigenvalue weighted by Crippen LogP contribution is -2.33. The molecule has 0 bridgehead atoms. The molecule has 2 unspecified atom stereocenters. The van der Waals surface area contributed by atoms with Gasteiger partial charge in [-0.05, 0) is 12.8 Å². The molecule has 92 valence electrons.